The number of aliphatic hydroxyl groups is 1. The quantitative estimate of drug-likeness (QED) is 0.671. The van der Waals surface area contributed by atoms with Crippen molar-refractivity contribution in [2.24, 2.45) is 0 Å². The zero-order valence-electron chi connectivity index (χ0n) is 17.0. The predicted molar refractivity (Wildman–Crippen MR) is 114 cm³/mol. The second-order valence-electron chi connectivity index (χ2n) is 8.00. The predicted octanol–water partition coefficient (Wildman–Crippen LogP) is 3.96. The Labute approximate surface area is 182 Å². The first-order valence-corrected chi connectivity index (χ1v) is 10.3. The summed E-state index contributed by atoms with van der Waals surface area (Å²) in [5, 5.41) is 10.4. The van der Waals surface area contributed by atoms with Gasteiger partial charge in [-0.05, 0) is 43.9 Å². The molecule has 1 aliphatic carbocycles. The van der Waals surface area contributed by atoms with E-state index in [-0.39, 0.29) is 19.0 Å². The van der Waals surface area contributed by atoms with Gasteiger partial charge in [0.25, 0.3) is 0 Å². The third-order valence-corrected chi connectivity index (χ3v) is 5.86. The van der Waals surface area contributed by atoms with Gasteiger partial charge in [0.15, 0.2) is 0 Å². The molecule has 1 heterocycles. The first-order valence-electron chi connectivity index (χ1n) is 10.3. The summed E-state index contributed by atoms with van der Waals surface area (Å²) in [6.07, 6.45) is 5.66. The van der Waals surface area contributed by atoms with Gasteiger partial charge in [-0.1, -0.05) is 18.4 Å². The number of anilines is 1. The van der Waals surface area contributed by atoms with E-state index in [0.29, 0.717) is 38.4 Å². The Kier molecular flexibility index (Phi) is 8.86. The number of ether oxygens (including phenoxy) is 1. The van der Waals surface area contributed by atoms with Crippen LogP contribution in [0, 0.1) is 12.3 Å². The van der Waals surface area contributed by atoms with Crippen molar-refractivity contribution in [3.05, 3.63) is 29.8 Å². The van der Waals surface area contributed by atoms with Crippen LogP contribution >= 0.6 is 12.4 Å². The fraction of sp³-hybridized carbons (Fsp3) is 0.636. The van der Waals surface area contributed by atoms with E-state index in [1.807, 2.05) is 4.90 Å². The SMILES string of the molecule is C#CC1(OCC(O)CN2CCN(c3cccc(C(F)(F)F)c3)CC2)CCCCC1.Cl. The lowest BCUT2D eigenvalue weighted by atomic mass is 9.85. The van der Waals surface area contributed by atoms with E-state index in [0.717, 1.165) is 31.7 Å². The van der Waals surface area contributed by atoms with Crippen LogP contribution in [-0.4, -0.2) is 61.0 Å². The average molecular weight is 447 g/mol. The van der Waals surface area contributed by atoms with Gasteiger partial charge in [-0.2, -0.15) is 13.2 Å². The lowest BCUT2D eigenvalue weighted by Gasteiger charge is -2.38. The fourth-order valence-corrected chi connectivity index (χ4v) is 4.13. The zero-order valence-corrected chi connectivity index (χ0v) is 17.9. The molecule has 3 rings (SSSR count). The highest BCUT2D eigenvalue weighted by Crippen LogP contribution is 2.32. The first-order chi connectivity index (χ1) is 13.8. The Hall–Kier alpha value is -1.46. The second-order valence-corrected chi connectivity index (χ2v) is 8.00. The molecule has 4 nitrogen and oxygen atoms in total. The molecule has 1 aromatic rings. The molecule has 0 aromatic heterocycles. The number of aliphatic hydroxyl groups excluding tert-OH is 1. The van der Waals surface area contributed by atoms with E-state index < -0.39 is 23.4 Å². The smallest absolute Gasteiger partial charge is 0.389 e. The van der Waals surface area contributed by atoms with Crippen molar-refractivity contribution in [2.45, 2.75) is 50.0 Å². The molecule has 8 heteroatoms. The Morgan fingerprint density at radius 1 is 1.13 bits per heavy atom. The number of halogens is 4. The second kappa shape index (κ2) is 10.7. The third kappa shape index (κ3) is 6.52. The first kappa shape index (κ1) is 24.8. The standard InChI is InChI=1S/C22H29F3N2O2.ClH/c1-2-21(9-4-3-5-10-21)29-17-20(28)16-26-11-13-27(14-12-26)19-8-6-7-18(15-19)22(23,24)25;/h1,6-8,15,20,28H,3-5,9-14,16-17H2;1H. The summed E-state index contributed by atoms with van der Waals surface area (Å²) in [5.74, 6) is 2.78. The molecule has 1 saturated carbocycles. The zero-order chi connectivity index (χ0) is 20.9. The largest absolute Gasteiger partial charge is 0.416 e. The monoisotopic (exact) mass is 446 g/mol. The van der Waals surface area contributed by atoms with Crippen LogP contribution in [0.3, 0.4) is 0 Å². The highest BCUT2D eigenvalue weighted by Gasteiger charge is 2.32. The topological polar surface area (TPSA) is 35.9 Å². The van der Waals surface area contributed by atoms with E-state index in [4.69, 9.17) is 11.2 Å². The van der Waals surface area contributed by atoms with Gasteiger partial charge in [-0.3, -0.25) is 4.90 Å². The van der Waals surface area contributed by atoms with E-state index in [9.17, 15) is 18.3 Å². The van der Waals surface area contributed by atoms with Crippen LogP contribution < -0.4 is 4.90 Å². The van der Waals surface area contributed by atoms with Crippen LogP contribution in [0.1, 0.15) is 37.7 Å². The molecule has 1 aliphatic heterocycles. The minimum Gasteiger partial charge on any atom is -0.389 e. The number of alkyl halides is 3. The number of piperazine rings is 1. The normalized spacial score (nSPS) is 20.8. The van der Waals surface area contributed by atoms with Crippen LogP contribution in [0.15, 0.2) is 24.3 Å². The van der Waals surface area contributed by atoms with Gasteiger partial charge in [0.1, 0.15) is 5.60 Å². The van der Waals surface area contributed by atoms with Crippen molar-refractivity contribution >= 4 is 18.1 Å². The lowest BCUT2D eigenvalue weighted by molar-refractivity contribution is -0.137. The third-order valence-electron chi connectivity index (χ3n) is 5.86. The van der Waals surface area contributed by atoms with Gasteiger partial charge in [0.2, 0.25) is 0 Å². The molecular weight excluding hydrogens is 417 g/mol. The van der Waals surface area contributed by atoms with Crippen LogP contribution in [0.5, 0.6) is 0 Å². The van der Waals surface area contributed by atoms with E-state index in [2.05, 4.69) is 10.8 Å². The molecule has 30 heavy (non-hydrogen) atoms. The summed E-state index contributed by atoms with van der Waals surface area (Å²) < 4.78 is 44.7. The van der Waals surface area contributed by atoms with Gasteiger partial charge in [0, 0.05) is 38.4 Å². The highest BCUT2D eigenvalue weighted by atomic mass is 35.5. The number of hydrogen-bond acceptors (Lipinski definition) is 4. The van der Waals surface area contributed by atoms with Gasteiger partial charge in [-0.15, -0.1) is 18.8 Å². The fourth-order valence-electron chi connectivity index (χ4n) is 4.13. The molecular formula is C22H30ClF3N2O2. The van der Waals surface area contributed by atoms with Crippen molar-refractivity contribution in [3.63, 3.8) is 0 Å². The molecule has 0 amide bonds. The number of rotatable bonds is 6. The Bertz CT molecular complexity index is 709. The van der Waals surface area contributed by atoms with Gasteiger partial charge >= 0.3 is 6.18 Å². The molecule has 1 saturated heterocycles. The summed E-state index contributed by atoms with van der Waals surface area (Å²) >= 11 is 0. The number of terminal acetylenes is 1. The lowest BCUT2D eigenvalue weighted by Crippen LogP contribution is -2.49. The summed E-state index contributed by atoms with van der Waals surface area (Å²) in [5.41, 5.74) is -0.590. The van der Waals surface area contributed by atoms with Gasteiger partial charge in [0.05, 0.1) is 18.3 Å². The Morgan fingerprint density at radius 3 is 2.40 bits per heavy atom. The van der Waals surface area contributed by atoms with Crippen LogP contribution in [0.2, 0.25) is 0 Å². The molecule has 1 unspecified atom stereocenters. The molecule has 1 aromatic carbocycles. The maximum atomic E-state index is 12.9. The maximum Gasteiger partial charge on any atom is 0.416 e. The minimum absolute atomic E-state index is 0. The number of nitrogens with zero attached hydrogens (tertiary/aromatic N) is 2. The van der Waals surface area contributed by atoms with Crippen molar-refractivity contribution in [3.8, 4) is 12.3 Å². The summed E-state index contributed by atoms with van der Waals surface area (Å²) in [4.78, 5) is 4.06. The van der Waals surface area contributed by atoms with Crippen molar-refractivity contribution in [1.82, 2.24) is 4.90 Å². The van der Waals surface area contributed by atoms with Crippen LogP contribution in [0.25, 0.3) is 0 Å². The van der Waals surface area contributed by atoms with Gasteiger partial charge in [-0.25, -0.2) is 0 Å². The number of hydrogen-bond donors (Lipinski definition) is 1. The Balaban J connectivity index is 0.00000320. The number of benzene rings is 1. The van der Waals surface area contributed by atoms with Crippen LogP contribution in [0.4, 0.5) is 18.9 Å². The molecule has 0 radical (unpaired) electrons. The molecule has 2 aliphatic rings. The molecule has 0 bridgehead atoms. The van der Waals surface area contributed by atoms with Crippen LogP contribution in [-0.2, 0) is 10.9 Å². The van der Waals surface area contributed by atoms with E-state index >= 15 is 0 Å². The Morgan fingerprint density at radius 2 is 1.80 bits per heavy atom. The summed E-state index contributed by atoms with van der Waals surface area (Å²) in [6, 6.07) is 5.43. The molecule has 2 fully saturated rings. The molecule has 168 valence electrons. The highest BCUT2D eigenvalue weighted by molar-refractivity contribution is 5.85. The van der Waals surface area contributed by atoms with Crippen molar-refractivity contribution < 1.29 is 23.0 Å². The van der Waals surface area contributed by atoms with Crippen molar-refractivity contribution in [1.29, 1.82) is 0 Å². The van der Waals surface area contributed by atoms with Gasteiger partial charge < -0.3 is 14.7 Å². The molecule has 0 spiro atoms. The number of β-amino-alcohol motifs (C(OH)–C–C–N with tert-alkyl or cyclic N) is 1. The molecule has 1 atom stereocenters. The van der Waals surface area contributed by atoms with Crippen molar-refractivity contribution in [2.75, 3.05) is 44.2 Å². The summed E-state index contributed by atoms with van der Waals surface area (Å²) in [7, 11) is 0. The van der Waals surface area contributed by atoms with E-state index in [1.54, 1.807) is 6.07 Å². The average Bonchev–Trinajstić information content (AvgIpc) is 2.73. The van der Waals surface area contributed by atoms with E-state index in [1.165, 1.54) is 18.6 Å². The minimum atomic E-state index is -4.34. The molecule has 1 N–H and O–H groups in total. The maximum absolute atomic E-state index is 12.9. The summed E-state index contributed by atoms with van der Waals surface area (Å²) in [6.45, 7) is 3.25.